The number of carbonyl (C=O) groups excluding carboxylic acids is 1. The number of piperidine rings is 1. The summed E-state index contributed by atoms with van der Waals surface area (Å²) in [5.41, 5.74) is 3.09. The zero-order valence-corrected chi connectivity index (χ0v) is 22.9. The maximum absolute atomic E-state index is 13.8. The maximum atomic E-state index is 13.8. The van der Waals surface area contributed by atoms with Crippen LogP contribution < -0.4 is 9.47 Å². The van der Waals surface area contributed by atoms with E-state index in [-0.39, 0.29) is 17.1 Å². The minimum Gasteiger partial charge on any atom is -0.497 e. The van der Waals surface area contributed by atoms with Gasteiger partial charge in [0, 0.05) is 38.3 Å². The van der Waals surface area contributed by atoms with Gasteiger partial charge in [0.15, 0.2) is 0 Å². The third-order valence-electron chi connectivity index (χ3n) is 8.35. The second kappa shape index (κ2) is 12.6. The van der Waals surface area contributed by atoms with Gasteiger partial charge in [0.05, 0.1) is 7.11 Å². The summed E-state index contributed by atoms with van der Waals surface area (Å²) >= 11 is 0. The van der Waals surface area contributed by atoms with E-state index < -0.39 is 0 Å². The second-order valence-corrected chi connectivity index (χ2v) is 11.0. The second-order valence-electron chi connectivity index (χ2n) is 11.0. The Hall–Kier alpha value is -3.38. The number of hydrogen-bond donors (Lipinski definition) is 0. The molecule has 0 radical (unpaired) electrons. The molecule has 2 heterocycles. The predicted octanol–water partition coefficient (Wildman–Crippen LogP) is 6.36. The minimum atomic E-state index is -0.369. The van der Waals surface area contributed by atoms with Crippen molar-refractivity contribution in [3.63, 3.8) is 0 Å². The summed E-state index contributed by atoms with van der Waals surface area (Å²) < 4.78 is 25.4. The van der Waals surface area contributed by atoms with Gasteiger partial charge >= 0.3 is 0 Å². The molecule has 0 bridgehead atoms. The normalized spacial score (nSPS) is 18.4. The molecule has 1 saturated heterocycles. The summed E-state index contributed by atoms with van der Waals surface area (Å²) in [6, 6.07) is 22.8. The van der Waals surface area contributed by atoms with Crippen molar-refractivity contribution >= 4 is 5.91 Å². The van der Waals surface area contributed by atoms with E-state index in [2.05, 4.69) is 35.2 Å². The number of nitrogens with zero attached hydrogens (tertiary/aromatic N) is 2. The Labute approximate surface area is 231 Å². The Morgan fingerprint density at radius 2 is 1.74 bits per heavy atom. The van der Waals surface area contributed by atoms with Gasteiger partial charge in [-0.3, -0.25) is 9.69 Å². The van der Waals surface area contributed by atoms with Gasteiger partial charge in [-0.2, -0.15) is 0 Å². The van der Waals surface area contributed by atoms with Crippen LogP contribution in [0.5, 0.6) is 11.5 Å². The molecule has 2 aliphatic heterocycles. The SMILES string of the molecule is COc1ccc(CN2CCOc3ccccc3CCCCC3(CCN(C(=O)c4cccc(F)c4)CC3)C2)cc1. The summed E-state index contributed by atoms with van der Waals surface area (Å²) in [6.07, 6.45) is 6.31. The molecule has 1 spiro atoms. The highest BCUT2D eigenvalue weighted by molar-refractivity contribution is 5.94. The van der Waals surface area contributed by atoms with Gasteiger partial charge in [-0.15, -0.1) is 0 Å². The summed E-state index contributed by atoms with van der Waals surface area (Å²) in [5, 5.41) is 0. The number of rotatable bonds is 4. The molecule has 3 aromatic carbocycles. The van der Waals surface area contributed by atoms with Crippen LogP contribution in [-0.2, 0) is 13.0 Å². The molecular formula is C33H39FN2O3. The van der Waals surface area contributed by atoms with Crippen molar-refractivity contribution in [2.24, 2.45) is 5.41 Å². The molecule has 6 heteroatoms. The summed E-state index contributed by atoms with van der Waals surface area (Å²) in [5.74, 6) is 1.42. The zero-order valence-electron chi connectivity index (χ0n) is 22.9. The van der Waals surface area contributed by atoms with E-state index >= 15 is 0 Å². The number of halogens is 1. The first kappa shape index (κ1) is 27.2. The molecule has 0 aliphatic carbocycles. The first-order valence-electron chi connectivity index (χ1n) is 14.1. The van der Waals surface area contributed by atoms with Crippen LogP contribution in [0.25, 0.3) is 0 Å². The molecular weight excluding hydrogens is 491 g/mol. The van der Waals surface area contributed by atoms with Crippen LogP contribution in [0.3, 0.4) is 0 Å². The molecule has 0 atom stereocenters. The average Bonchev–Trinajstić information content (AvgIpc) is 2.96. The first-order chi connectivity index (χ1) is 19.0. The first-order valence-corrected chi connectivity index (χ1v) is 14.1. The lowest BCUT2D eigenvalue weighted by molar-refractivity contribution is 0.0361. The molecule has 1 fully saturated rings. The number of fused-ring (bicyclic) bond motifs is 1. The van der Waals surface area contributed by atoms with Gasteiger partial charge in [-0.05, 0) is 85.0 Å². The number of methoxy groups -OCH3 is 1. The number of hydrogen-bond acceptors (Lipinski definition) is 4. The van der Waals surface area contributed by atoms with Gasteiger partial charge in [0.25, 0.3) is 5.91 Å². The fourth-order valence-corrected chi connectivity index (χ4v) is 6.10. The van der Waals surface area contributed by atoms with Crippen molar-refractivity contribution in [1.82, 2.24) is 9.80 Å². The van der Waals surface area contributed by atoms with Crippen LogP contribution in [0.4, 0.5) is 4.39 Å². The van der Waals surface area contributed by atoms with E-state index in [9.17, 15) is 9.18 Å². The zero-order chi connectivity index (χ0) is 27.1. The number of ether oxygens (including phenoxy) is 2. The van der Waals surface area contributed by atoms with E-state index in [0.717, 1.165) is 69.7 Å². The molecule has 206 valence electrons. The lowest BCUT2D eigenvalue weighted by Crippen LogP contribution is -2.48. The fraction of sp³-hybridized carbons (Fsp3) is 0.424. The predicted molar refractivity (Wildman–Crippen MR) is 152 cm³/mol. The number of aryl methyl sites for hydroxylation is 1. The summed E-state index contributed by atoms with van der Waals surface area (Å²) in [4.78, 5) is 17.6. The highest BCUT2D eigenvalue weighted by Crippen LogP contribution is 2.39. The maximum Gasteiger partial charge on any atom is 0.253 e. The van der Waals surface area contributed by atoms with Crippen LogP contribution in [0, 0.1) is 11.2 Å². The summed E-state index contributed by atoms with van der Waals surface area (Å²) in [6.45, 7) is 4.66. The molecule has 2 aliphatic rings. The Balaban J connectivity index is 1.33. The van der Waals surface area contributed by atoms with Crippen molar-refractivity contribution in [1.29, 1.82) is 0 Å². The van der Waals surface area contributed by atoms with Gasteiger partial charge in [-0.1, -0.05) is 42.8 Å². The summed E-state index contributed by atoms with van der Waals surface area (Å²) in [7, 11) is 1.69. The molecule has 5 nitrogen and oxygen atoms in total. The molecule has 0 N–H and O–H groups in total. The minimum absolute atomic E-state index is 0.0717. The third kappa shape index (κ3) is 6.99. The third-order valence-corrected chi connectivity index (χ3v) is 8.35. The van der Waals surface area contributed by atoms with Crippen molar-refractivity contribution < 1.29 is 18.7 Å². The average molecular weight is 531 g/mol. The molecule has 5 rings (SSSR count). The van der Waals surface area contributed by atoms with E-state index in [1.807, 2.05) is 23.1 Å². The Bertz CT molecular complexity index is 1240. The van der Waals surface area contributed by atoms with Crippen molar-refractivity contribution in [2.45, 2.75) is 45.1 Å². The van der Waals surface area contributed by atoms with E-state index in [1.165, 1.54) is 23.3 Å². The van der Waals surface area contributed by atoms with Crippen LogP contribution in [0.2, 0.25) is 0 Å². The quantitative estimate of drug-likeness (QED) is 0.393. The fourth-order valence-electron chi connectivity index (χ4n) is 6.10. The number of benzene rings is 3. The van der Waals surface area contributed by atoms with Gasteiger partial charge < -0.3 is 14.4 Å². The van der Waals surface area contributed by atoms with Gasteiger partial charge in [-0.25, -0.2) is 4.39 Å². The van der Waals surface area contributed by atoms with E-state index in [4.69, 9.17) is 9.47 Å². The number of carbonyl (C=O) groups is 1. The van der Waals surface area contributed by atoms with Crippen LogP contribution in [-0.4, -0.2) is 55.6 Å². The highest BCUT2D eigenvalue weighted by atomic mass is 19.1. The lowest BCUT2D eigenvalue weighted by atomic mass is 9.73. The topological polar surface area (TPSA) is 42.0 Å². The molecule has 1 amide bonds. The van der Waals surface area contributed by atoms with Crippen LogP contribution >= 0.6 is 0 Å². The molecule has 0 aromatic heterocycles. The monoisotopic (exact) mass is 530 g/mol. The van der Waals surface area contributed by atoms with Gasteiger partial charge in [0.1, 0.15) is 23.9 Å². The standard InChI is InChI=1S/C33H39FN2O3/c1-38-30-14-12-26(13-15-30)24-35-21-22-39-31-11-3-2-7-27(31)8-4-5-16-33(25-35)17-19-36(20-18-33)32(37)28-9-6-10-29(34)23-28/h2-3,6-7,9-15,23H,4-5,8,16-22,24-25H2,1H3. The number of likely N-dealkylation sites (tertiary alicyclic amines) is 1. The van der Waals surface area contributed by atoms with E-state index in [1.54, 1.807) is 19.2 Å². The smallest absolute Gasteiger partial charge is 0.253 e. The van der Waals surface area contributed by atoms with Gasteiger partial charge in [0.2, 0.25) is 0 Å². The van der Waals surface area contributed by atoms with Crippen molar-refractivity contribution in [3.05, 3.63) is 95.3 Å². The van der Waals surface area contributed by atoms with Crippen molar-refractivity contribution in [3.8, 4) is 11.5 Å². The Morgan fingerprint density at radius 3 is 2.51 bits per heavy atom. The largest absolute Gasteiger partial charge is 0.497 e. The number of para-hydroxylation sites is 1. The molecule has 0 unspecified atom stereocenters. The Kier molecular flexibility index (Phi) is 8.82. The van der Waals surface area contributed by atoms with Crippen molar-refractivity contribution in [2.75, 3.05) is 39.9 Å². The lowest BCUT2D eigenvalue weighted by Gasteiger charge is -2.45. The highest BCUT2D eigenvalue weighted by Gasteiger charge is 2.37. The van der Waals surface area contributed by atoms with E-state index in [0.29, 0.717) is 25.3 Å². The molecule has 39 heavy (non-hydrogen) atoms. The van der Waals surface area contributed by atoms with Crippen LogP contribution in [0.15, 0.2) is 72.8 Å². The molecule has 0 saturated carbocycles. The Morgan fingerprint density at radius 1 is 0.949 bits per heavy atom. The van der Waals surface area contributed by atoms with Crippen LogP contribution in [0.1, 0.15) is 53.6 Å². The number of amides is 1. The molecule has 3 aromatic rings.